The maximum Gasteiger partial charge on any atom is 0.251 e. The molecule has 7 rings (SSSR count). The van der Waals surface area contributed by atoms with Gasteiger partial charge in [-0.15, -0.1) is 0 Å². The summed E-state index contributed by atoms with van der Waals surface area (Å²) in [6, 6.07) is 37.0. The molecule has 0 saturated heterocycles. The minimum atomic E-state index is 0.149. The summed E-state index contributed by atoms with van der Waals surface area (Å²) in [6.07, 6.45) is 0. The minimum absolute atomic E-state index is 0.149. The summed E-state index contributed by atoms with van der Waals surface area (Å²) in [7, 11) is 0. The standard InChI is InChI=1S/C28H17BO/c1-2-9-21(10-3-1)29-23-11-4-5-12-24(23)30-25-17-20-14-13-18-7-6-8-19-15-16-22(28(25)29)27(20)26(18)19/h1-17H. The summed E-state index contributed by atoms with van der Waals surface area (Å²) in [5.41, 5.74) is 3.79. The molecule has 1 heterocycles. The lowest BCUT2D eigenvalue weighted by atomic mass is 9.35. The van der Waals surface area contributed by atoms with E-state index >= 15 is 0 Å². The molecule has 0 unspecified atom stereocenters. The zero-order valence-electron chi connectivity index (χ0n) is 16.3. The third-order valence-corrected chi connectivity index (χ3v) is 6.52. The third-order valence-electron chi connectivity index (χ3n) is 6.52. The topological polar surface area (TPSA) is 9.23 Å². The second-order valence-corrected chi connectivity index (χ2v) is 8.13. The minimum Gasteiger partial charge on any atom is -0.458 e. The van der Waals surface area contributed by atoms with E-state index < -0.39 is 0 Å². The van der Waals surface area contributed by atoms with Crippen LogP contribution in [0.4, 0.5) is 0 Å². The number of rotatable bonds is 1. The van der Waals surface area contributed by atoms with Gasteiger partial charge in [0, 0.05) is 0 Å². The summed E-state index contributed by atoms with van der Waals surface area (Å²) in [5.74, 6) is 1.92. The van der Waals surface area contributed by atoms with Crippen molar-refractivity contribution in [2.24, 2.45) is 0 Å². The molecule has 0 fully saturated rings. The van der Waals surface area contributed by atoms with Crippen molar-refractivity contribution in [3.05, 3.63) is 103 Å². The number of benzene rings is 6. The number of para-hydroxylation sites is 1. The molecule has 0 aromatic heterocycles. The molecule has 0 N–H and O–H groups in total. The predicted octanol–water partition coefficient (Wildman–Crippen LogP) is 5.21. The Morgan fingerprint density at radius 3 is 2.13 bits per heavy atom. The monoisotopic (exact) mass is 380 g/mol. The van der Waals surface area contributed by atoms with Gasteiger partial charge in [-0.1, -0.05) is 96.5 Å². The Hall–Kier alpha value is -3.78. The van der Waals surface area contributed by atoms with Crippen molar-refractivity contribution in [1.82, 2.24) is 0 Å². The van der Waals surface area contributed by atoms with Gasteiger partial charge >= 0.3 is 0 Å². The Kier molecular flexibility index (Phi) is 3.14. The fraction of sp³-hybridized carbons (Fsp3) is 0. The van der Waals surface area contributed by atoms with Gasteiger partial charge in [0.2, 0.25) is 0 Å². The zero-order valence-corrected chi connectivity index (χ0v) is 16.3. The lowest BCUT2D eigenvalue weighted by Crippen LogP contribution is -2.55. The van der Waals surface area contributed by atoms with Gasteiger partial charge in [0.1, 0.15) is 11.5 Å². The van der Waals surface area contributed by atoms with E-state index in [9.17, 15) is 0 Å². The number of hydrogen-bond acceptors (Lipinski definition) is 1. The molecular formula is C28H17BO. The summed E-state index contributed by atoms with van der Waals surface area (Å²) in [5, 5.41) is 7.79. The van der Waals surface area contributed by atoms with Crippen molar-refractivity contribution >= 4 is 55.4 Å². The van der Waals surface area contributed by atoms with E-state index in [0.717, 1.165) is 11.5 Å². The molecule has 6 aromatic rings. The molecule has 0 spiro atoms. The average Bonchev–Trinajstić information content (AvgIpc) is 2.81. The molecular weight excluding hydrogens is 363 g/mol. The fourth-order valence-electron chi connectivity index (χ4n) is 5.27. The molecule has 1 aliphatic heterocycles. The van der Waals surface area contributed by atoms with Crippen molar-refractivity contribution in [2.45, 2.75) is 0 Å². The number of hydrogen-bond donors (Lipinski definition) is 0. The Morgan fingerprint density at radius 1 is 0.533 bits per heavy atom. The average molecular weight is 380 g/mol. The highest BCUT2D eigenvalue weighted by Crippen LogP contribution is 2.38. The van der Waals surface area contributed by atoms with Crippen LogP contribution >= 0.6 is 0 Å². The highest BCUT2D eigenvalue weighted by molar-refractivity contribution is 6.98. The van der Waals surface area contributed by atoms with Crippen molar-refractivity contribution in [3.63, 3.8) is 0 Å². The number of ether oxygens (including phenoxy) is 1. The van der Waals surface area contributed by atoms with E-state index in [1.807, 2.05) is 0 Å². The normalized spacial score (nSPS) is 12.9. The van der Waals surface area contributed by atoms with Crippen molar-refractivity contribution in [1.29, 1.82) is 0 Å². The molecule has 0 aliphatic carbocycles. The van der Waals surface area contributed by atoms with Crippen LogP contribution in [0, 0.1) is 0 Å². The van der Waals surface area contributed by atoms with E-state index in [0.29, 0.717) is 0 Å². The quantitative estimate of drug-likeness (QED) is 0.281. The van der Waals surface area contributed by atoms with E-state index in [2.05, 4.69) is 103 Å². The SMILES string of the molecule is c1ccc(B2c3ccccc3Oc3cc4ccc5cccc6ccc(c32)c4c56)cc1. The Bertz CT molecular complexity index is 1550. The van der Waals surface area contributed by atoms with Gasteiger partial charge in [0.05, 0.1) is 0 Å². The van der Waals surface area contributed by atoms with Crippen LogP contribution in [-0.2, 0) is 0 Å². The maximum atomic E-state index is 6.48. The molecule has 6 aromatic carbocycles. The molecule has 0 bridgehead atoms. The van der Waals surface area contributed by atoms with Gasteiger partial charge in [-0.2, -0.15) is 0 Å². The van der Waals surface area contributed by atoms with E-state index in [-0.39, 0.29) is 6.71 Å². The third kappa shape index (κ3) is 2.08. The van der Waals surface area contributed by atoms with Gasteiger partial charge in [-0.3, -0.25) is 0 Å². The first-order valence-electron chi connectivity index (χ1n) is 10.4. The Morgan fingerprint density at radius 2 is 1.27 bits per heavy atom. The van der Waals surface area contributed by atoms with E-state index in [1.165, 1.54) is 48.7 Å². The summed E-state index contributed by atoms with van der Waals surface area (Å²) in [4.78, 5) is 0. The molecule has 0 amide bonds. The van der Waals surface area contributed by atoms with Crippen LogP contribution < -0.4 is 21.1 Å². The van der Waals surface area contributed by atoms with Gasteiger partial charge < -0.3 is 4.74 Å². The van der Waals surface area contributed by atoms with Crippen LogP contribution in [0.2, 0.25) is 0 Å². The van der Waals surface area contributed by atoms with Crippen LogP contribution in [-0.4, -0.2) is 6.71 Å². The summed E-state index contributed by atoms with van der Waals surface area (Å²) in [6.45, 7) is 0.149. The lowest BCUT2D eigenvalue weighted by Gasteiger charge is -2.29. The Labute approximate surface area is 175 Å². The van der Waals surface area contributed by atoms with Crippen LogP contribution in [0.15, 0.2) is 103 Å². The smallest absolute Gasteiger partial charge is 0.251 e. The molecule has 0 saturated carbocycles. The zero-order chi connectivity index (χ0) is 19.7. The molecule has 1 aliphatic rings. The molecule has 0 radical (unpaired) electrons. The first-order chi connectivity index (χ1) is 14.9. The van der Waals surface area contributed by atoms with Crippen molar-refractivity contribution in [2.75, 3.05) is 0 Å². The molecule has 30 heavy (non-hydrogen) atoms. The van der Waals surface area contributed by atoms with Gasteiger partial charge in [-0.25, -0.2) is 0 Å². The first-order valence-corrected chi connectivity index (χ1v) is 10.4. The Balaban J connectivity index is 1.66. The van der Waals surface area contributed by atoms with Crippen LogP contribution in [0.3, 0.4) is 0 Å². The lowest BCUT2D eigenvalue weighted by molar-refractivity contribution is 0.488. The fourth-order valence-corrected chi connectivity index (χ4v) is 5.27. The second kappa shape index (κ2) is 5.87. The van der Waals surface area contributed by atoms with Crippen LogP contribution in [0.5, 0.6) is 11.5 Å². The van der Waals surface area contributed by atoms with Crippen LogP contribution in [0.25, 0.3) is 32.3 Å². The molecule has 0 atom stereocenters. The van der Waals surface area contributed by atoms with Gasteiger partial charge in [0.15, 0.2) is 0 Å². The second-order valence-electron chi connectivity index (χ2n) is 8.13. The first kappa shape index (κ1) is 16.1. The van der Waals surface area contributed by atoms with Crippen LogP contribution in [0.1, 0.15) is 0 Å². The molecule has 1 nitrogen and oxygen atoms in total. The number of fused-ring (bicyclic) bond motifs is 3. The summed E-state index contributed by atoms with van der Waals surface area (Å²) >= 11 is 0. The van der Waals surface area contributed by atoms with Gasteiger partial charge in [-0.05, 0) is 55.4 Å². The predicted molar refractivity (Wildman–Crippen MR) is 128 cm³/mol. The highest BCUT2D eigenvalue weighted by atomic mass is 16.5. The van der Waals surface area contributed by atoms with E-state index in [4.69, 9.17) is 4.74 Å². The van der Waals surface area contributed by atoms with Crippen molar-refractivity contribution < 1.29 is 4.74 Å². The van der Waals surface area contributed by atoms with Gasteiger partial charge in [0.25, 0.3) is 6.71 Å². The summed E-state index contributed by atoms with van der Waals surface area (Å²) < 4.78 is 6.48. The maximum absolute atomic E-state index is 6.48. The van der Waals surface area contributed by atoms with E-state index in [1.54, 1.807) is 0 Å². The van der Waals surface area contributed by atoms with Crippen molar-refractivity contribution in [3.8, 4) is 11.5 Å². The molecule has 138 valence electrons. The highest BCUT2D eigenvalue weighted by Gasteiger charge is 2.34. The molecule has 2 heteroatoms. The largest absolute Gasteiger partial charge is 0.458 e.